The summed E-state index contributed by atoms with van der Waals surface area (Å²) >= 11 is 3.42. The van der Waals surface area contributed by atoms with E-state index in [1.807, 2.05) is 25.1 Å². The Labute approximate surface area is 110 Å². The van der Waals surface area contributed by atoms with Crippen LogP contribution in [-0.4, -0.2) is 26.1 Å². The lowest BCUT2D eigenvalue weighted by Crippen LogP contribution is -2.40. The molecule has 2 N–H and O–H groups in total. The molecule has 1 aromatic rings. The lowest BCUT2D eigenvalue weighted by Gasteiger charge is -2.12. The molecule has 5 heteroatoms. The van der Waals surface area contributed by atoms with E-state index in [2.05, 4.69) is 26.6 Å². The van der Waals surface area contributed by atoms with Gasteiger partial charge >= 0.3 is 0 Å². The molecule has 0 saturated carbocycles. The standard InChI is InChI=1S/C12H17BrN2O2/c1-8(12(16)14-2)15-7-9-4-5-11(17-3)10(13)6-9/h4-6,8,15H,7H2,1-3H3,(H,14,16). The largest absolute Gasteiger partial charge is 0.496 e. The molecule has 0 spiro atoms. The molecule has 1 amide bonds. The molecule has 0 fully saturated rings. The fraction of sp³-hybridized carbons (Fsp3) is 0.417. The van der Waals surface area contributed by atoms with Crippen molar-refractivity contribution < 1.29 is 9.53 Å². The molecule has 1 atom stereocenters. The van der Waals surface area contributed by atoms with Crippen molar-refractivity contribution in [1.29, 1.82) is 0 Å². The van der Waals surface area contributed by atoms with Crippen molar-refractivity contribution in [3.63, 3.8) is 0 Å². The number of halogens is 1. The van der Waals surface area contributed by atoms with Gasteiger partial charge in [0.25, 0.3) is 0 Å². The van der Waals surface area contributed by atoms with Gasteiger partial charge in [-0.2, -0.15) is 0 Å². The van der Waals surface area contributed by atoms with Crippen LogP contribution in [0.25, 0.3) is 0 Å². The van der Waals surface area contributed by atoms with Gasteiger partial charge in [0.1, 0.15) is 5.75 Å². The van der Waals surface area contributed by atoms with Crippen molar-refractivity contribution in [2.24, 2.45) is 0 Å². The number of methoxy groups -OCH3 is 1. The van der Waals surface area contributed by atoms with Crippen molar-refractivity contribution in [1.82, 2.24) is 10.6 Å². The van der Waals surface area contributed by atoms with Gasteiger partial charge in [-0.25, -0.2) is 0 Å². The monoisotopic (exact) mass is 300 g/mol. The van der Waals surface area contributed by atoms with Gasteiger partial charge < -0.3 is 15.4 Å². The van der Waals surface area contributed by atoms with Crippen LogP contribution in [0.15, 0.2) is 22.7 Å². The predicted molar refractivity (Wildman–Crippen MR) is 71.1 cm³/mol. The lowest BCUT2D eigenvalue weighted by atomic mass is 10.2. The Morgan fingerprint density at radius 3 is 2.76 bits per heavy atom. The molecule has 1 rings (SSSR count). The SMILES string of the molecule is CNC(=O)C(C)NCc1ccc(OC)c(Br)c1. The van der Waals surface area contributed by atoms with Gasteiger partial charge in [-0.1, -0.05) is 6.07 Å². The quantitative estimate of drug-likeness (QED) is 0.870. The Morgan fingerprint density at radius 2 is 2.24 bits per heavy atom. The summed E-state index contributed by atoms with van der Waals surface area (Å²) in [6, 6.07) is 5.63. The Morgan fingerprint density at radius 1 is 1.53 bits per heavy atom. The van der Waals surface area contributed by atoms with Crippen LogP contribution in [0, 0.1) is 0 Å². The van der Waals surface area contributed by atoms with Crippen molar-refractivity contribution >= 4 is 21.8 Å². The van der Waals surface area contributed by atoms with Crippen LogP contribution < -0.4 is 15.4 Å². The zero-order valence-electron chi connectivity index (χ0n) is 10.2. The van der Waals surface area contributed by atoms with E-state index in [1.54, 1.807) is 14.2 Å². The minimum Gasteiger partial charge on any atom is -0.496 e. The summed E-state index contributed by atoms with van der Waals surface area (Å²) in [5.41, 5.74) is 1.09. The highest BCUT2D eigenvalue weighted by atomic mass is 79.9. The molecule has 0 aliphatic heterocycles. The summed E-state index contributed by atoms with van der Waals surface area (Å²) in [6.45, 7) is 2.47. The fourth-order valence-electron chi connectivity index (χ4n) is 1.40. The second kappa shape index (κ2) is 6.61. The first-order chi connectivity index (χ1) is 8.08. The number of nitrogens with one attached hydrogen (secondary N) is 2. The van der Waals surface area contributed by atoms with Gasteiger partial charge in [0, 0.05) is 13.6 Å². The van der Waals surface area contributed by atoms with Gasteiger partial charge in [-0.05, 0) is 40.5 Å². The summed E-state index contributed by atoms with van der Waals surface area (Å²) < 4.78 is 6.06. The van der Waals surface area contributed by atoms with Crippen LogP contribution in [0.5, 0.6) is 5.75 Å². The molecule has 17 heavy (non-hydrogen) atoms. The molecular weight excluding hydrogens is 284 g/mol. The second-order valence-electron chi connectivity index (χ2n) is 3.69. The molecular formula is C12H17BrN2O2. The molecule has 1 unspecified atom stereocenters. The zero-order chi connectivity index (χ0) is 12.8. The van der Waals surface area contributed by atoms with Crippen molar-refractivity contribution in [3.05, 3.63) is 28.2 Å². The number of carbonyl (C=O) groups is 1. The van der Waals surface area contributed by atoms with E-state index in [0.717, 1.165) is 15.8 Å². The highest BCUT2D eigenvalue weighted by Crippen LogP contribution is 2.25. The average Bonchev–Trinajstić information content (AvgIpc) is 2.35. The first kappa shape index (κ1) is 14.0. The molecule has 1 aromatic carbocycles. The third-order valence-corrected chi connectivity index (χ3v) is 3.09. The molecule has 0 aromatic heterocycles. The highest BCUT2D eigenvalue weighted by Gasteiger charge is 2.10. The maximum Gasteiger partial charge on any atom is 0.236 e. The summed E-state index contributed by atoms with van der Waals surface area (Å²) in [7, 11) is 3.26. The summed E-state index contributed by atoms with van der Waals surface area (Å²) in [6.07, 6.45) is 0. The lowest BCUT2D eigenvalue weighted by molar-refractivity contribution is -0.122. The molecule has 0 aliphatic carbocycles. The first-order valence-electron chi connectivity index (χ1n) is 5.36. The number of ether oxygens (including phenoxy) is 1. The molecule has 0 radical (unpaired) electrons. The normalized spacial score (nSPS) is 12.0. The third-order valence-electron chi connectivity index (χ3n) is 2.47. The van der Waals surface area contributed by atoms with E-state index in [9.17, 15) is 4.79 Å². The Balaban J connectivity index is 2.58. The van der Waals surface area contributed by atoms with E-state index in [4.69, 9.17) is 4.74 Å². The number of hydrogen-bond acceptors (Lipinski definition) is 3. The van der Waals surface area contributed by atoms with Gasteiger partial charge in [0.05, 0.1) is 17.6 Å². The first-order valence-corrected chi connectivity index (χ1v) is 6.15. The molecule has 94 valence electrons. The average molecular weight is 301 g/mol. The Hall–Kier alpha value is -1.07. The number of hydrogen-bond donors (Lipinski definition) is 2. The number of benzene rings is 1. The molecule has 0 saturated heterocycles. The summed E-state index contributed by atoms with van der Waals surface area (Å²) in [4.78, 5) is 11.3. The van der Waals surface area contributed by atoms with Gasteiger partial charge in [-0.3, -0.25) is 4.79 Å². The second-order valence-corrected chi connectivity index (χ2v) is 4.54. The highest BCUT2D eigenvalue weighted by molar-refractivity contribution is 9.10. The van der Waals surface area contributed by atoms with E-state index in [0.29, 0.717) is 6.54 Å². The van der Waals surface area contributed by atoms with Crippen LogP contribution in [0.3, 0.4) is 0 Å². The number of carbonyl (C=O) groups excluding carboxylic acids is 1. The number of rotatable bonds is 5. The van der Waals surface area contributed by atoms with Gasteiger partial charge in [0.2, 0.25) is 5.91 Å². The van der Waals surface area contributed by atoms with Crippen molar-refractivity contribution in [2.75, 3.05) is 14.2 Å². The predicted octanol–water partition coefficient (Wildman–Crippen LogP) is 1.68. The fourth-order valence-corrected chi connectivity index (χ4v) is 1.99. The third kappa shape index (κ3) is 4.02. The topological polar surface area (TPSA) is 50.4 Å². The van der Waals surface area contributed by atoms with Crippen LogP contribution in [0.4, 0.5) is 0 Å². The van der Waals surface area contributed by atoms with Crippen LogP contribution in [0.2, 0.25) is 0 Å². The van der Waals surface area contributed by atoms with Crippen LogP contribution in [0.1, 0.15) is 12.5 Å². The molecule has 0 heterocycles. The van der Waals surface area contributed by atoms with Gasteiger partial charge in [-0.15, -0.1) is 0 Å². The van der Waals surface area contributed by atoms with Crippen molar-refractivity contribution in [2.45, 2.75) is 19.5 Å². The Bertz CT molecular complexity index is 396. The Kier molecular flexibility index (Phi) is 5.44. The number of likely N-dealkylation sites (N-methyl/N-ethyl adjacent to an activating group) is 1. The molecule has 4 nitrogen and oxygen atoms in total. The molecule has 0 bridgehead atoms. The molecule has 0 aliphatic rings. The van der Waals surface area contributed by atoms with E-state index >= 15 is 0 Å². The summed E-state index contributed by atoms with van der Waals surface area (Å²) in [5, 5.41) is 5.74. The number of amides is 1. The maximum absolute atomic E-state index is 11.3. The maximum atomic E-state index is 11.3. The van der Waals surface area contributed by atoms with Crippen molar-refractivity contribution in [3.8, 4) is 5.75 Å². The van der Waals surface area contributed by atoms with E-state index < -0.39 is 0 Å². The van der Waals surface area contributed by atoms with E-state index in [-0.39, 0.29) is 11.9 Å². The van der Waals surface area contributed by atoms with Crippen LogP contribution in [-0.2, 0) is 11.3 Å². The minimum atomic E-state index is -0.208. The minimum absolute atomic E-state index is 0.0161. The smallest absolute Gasteiger partial charge is 0.236 e. The summed E-state index contributed by atoms with van der Waals surface area (Å²) in [5.74, 6) is 0.783. The van der Waals surface area contributed by atoms with E-state index in [1.165, 1.54) is 0 Å². The van der Waals surface area contributed by atoms with Gasteiger partial charge in [0.15, 0.2) is 0 Å². The van der Waals surface area contributed by atoms with Crippen LogP contribution >= 0.6 is 15.9 Å². The zero-order valence-corrected chi connectivity index (χ0v) is 11.8.